The Labute approximate surface area is 107 Å². The van der Waals surface area contributed by atoms with Gasteiger partial charge in [0.1, 0.15) is 6.10 Å². The van der Waals surface area contributed by atoms with E-state index in [1.807, 2.05) is 0 Å². The highest BCUT2D eigenvalue weighted by Crippen LogP contribution is 2.28. The van der Waals surface area contributed by atoms with Crippen LogP contribution in [0.15, 0.2) is 41.0 Å². The van der Waals surface area contributed by atoms with Crippen molar-refractivity contribution in [3.8, 4) is 0 Å². The molecule has 1 aliphatic rings. The number of ether oxygens (including phenoxy) is 1. The Kier molecular flexibility index (Phi) is 3.73. The monoisotopic (exact) mass is 268 g/mol. The molecular weight excluding hydrogens is 252 g/mol. The number of hydrogen-bond donors (Lipinski definition) is 1. The Balaban J connectivity index is 2.31. The van der Waals surface area contributed by atoms with Crippen molar-refractivity contribution in [2.24, 2.45) is 0 Å². The molecular formula is C13H16O4S. The molecule has 1 atom stereocenters. The first-order valence-corrected chi connectivity index (χ1v) is 7.66. The second-order valence-electron chi connectivity index (χ2n) is 4.41. The maximum Gasteiger partial charge on any atom is 0.175 e. The summed E-state index contributed by atoms with van der Waals surface area (Å²) in [4.78, 5) is 0.219. The second-order valence-corrected chi connectivity index (χ2v) is 6.43. The summed E-state index contributed by atoms with van der Waals surface area (Å²) < 4.78 is 28.1. The van der Waals surface area contributed by atoms with Gasteiger partial charge in [0.2, 0.25) is 0 Å². The smallest absolute Gasteiger partial charge is 0.175 e. The van der Waals surface area contributed by atoms with E-state index in [9.17, 15) is 13.5 Å². The SMILES string of the molecule is CS(=O)(=O)c1cccc(C(O)C2=COCCC2)c1. The van der Waals surface area contributed by atoms with Crippen molar-refractivity contribution in [1.82, 2.24) is 0 Å². The van der Waals surface area contributed by atoms with E-state index < -0.39 is 15.9 Å². The molecule has 0 amide bonds. The minimum atomic E-state index is -3.25. The predicted molar refractivity (Wildman–Crippen MR) is 67.8 cm³/mol. The fourth-order valence-corrected chi connectivity index (χ4v) is 2.59. The normalized spacial score (nSPS) is 17.8. The standard InChI is InChI=1S/C13H16O4S/c1-18(15,16)12-6-2-4-10(8-12)13(14)11-5-3-7-17-9-11/h2,4,6,8-9,13-14H,3,5,7H2,1H3. The van der Waals surface area contributed by atoms with Gasteiger partial charge in [-0.05, 0) is 36.1 Å². The maximum absolute atomic E-state index is 11.5. The average Bonchev–Trinajstić information content (AvgIpc) is 2.38. The minimum Gasteiger partial charge on any atom is -0.501 e. The van der Waals surface area contributed by atoms with Crippen molar-refractivity contribution < 1.29 is 18.3 Å². The Morgan fingerprint density at radius 1 is 1.39 bits per heavy atom. The molecule has 4 nitrogen and oxygen atoms in total. The Bertz CT molecular complexity index is 560. The van der Waals surface area contributed by atoms with Crippen LogP contribution >= 0.6 is 0 Å². The molecule has 0 spiro atoms. The van der Waals surface area contributed by atoms with Gasteiger partial charge in [-0.1, -0.05) is 12.1 Å². The van der Waals surface area contributed by atoms with E-state index in [1.54, 1.807) is 18.4 Å². The quantitative estimate of drug-likeness (QED) is 0.908. The lowest BCUT2D eigenvalue weighted by Gasteiger charge is -2.19. The molecule has 2 rings (SSSR count). The van der Waals surface area contributed by atoms with Gasteiger partial charge < -0.3 is 9.84 Å². The average molecular weight is 268 g/mol. The number of hydrogen-bond acceptors (Lipinski definition) is 4. The molecule has 0 saturated heterocycles. The highest BCUT2D eigenvalue weighted by molar-refractivity contribution is 7.90. The zero-order chi connectivity index (χ0) is 13.2. The molecule has 0 aliphatic carbocycles. The van der Waals surface area contributed by atoms with Crippen LogP contribution in [0, 0.1) is 0 Å². The van der Waals surface area contributed by atoms with E-state index in [4.69, 9.17) is 4.74 Å². The molecule has 0 bridgehead atoms. The third-order valence-corrected chi connectivity index (χ3v) is 4.03. The fraction of sp³-hybridized carbons (Fsp3) is 0.385. The van der Waals surface area contributed by atoms with E-state index in [0.717, 1.165) is 24.7 Å². The largest absolute Gasteiger partial charge is 0.501 e. The van der Waals surface area contributed by atoms with Crippen molar-refractivity contribution in [3.05, 3.63) is 41.7 Å². The van der Waals surface area contributed by atoms with E-state index in [-0.39, 0.29) is 4.90 Å². The third-order valence-electron chi connectivity index (χ3n) is 2.92. The van der Waals surface area contributed by atoms with Gasteiger partial charge in [0, 0.05) is 6.26 Å². The van der Waals surface area contributed by atoms with E-state index in [2.05, 4.69) is 0 Å². The van der Waals surface area contributed by atoms with Crippen LogP contribution in [0.4, 0.5) is 0 Å². The molecule has 0 radical (unpaired) electrons. The fourth-order valence-electron chi connectivity index (χ4n) is 1.92. The van der Waals surface area contributed by atoms with Gasteiger partial charge >= 0.3 is 0 Å². The van der Waals surface area contributed by atoms with Crippen molar-refractivity contribution in [1.29, 1.82) is 0 Å². The summed E-state index contributed by atoms with van der Waals surface area (Å²) in [5.74, 6) is 0. The summed E-state index contributed by atoms with van der Waals surface area (Å²) in [7, 11) is -3.25. The summed E-state index contributed by atoms with van der Waals surface area (Å²) in [5.41, 5.74) is 1.36. The molecule has 1 aromatic rings. The van der Waals surface area contributed by atoms with Crippen LogP contribution in [0.2, 0.25) is 0 Å². The lowest BCUT2D eigenvalue weighted by Crippen LogP contribution is -2.08. The maximum atomic E-state index is 11.5. The Morgan fingerprint density at radius 2 is 2.17 bits per heavy atom. The van der Waals surface area contributed by atoms with Crippen molar-refractivity contribution in [2.45, 2.75) is 23.8 Å². The lowest BCUT2D eigenvalue weighted by molar-refractivity contribution is 0.170. The van der Waals surface area contributed by atoms with Gasteiger partial charge in [-0.2, -0.15) is 0 Å². The zero-order valence-corrected chi connectivity index (χ0v) is 11.0. The van der Waals surface area contributed by atoms with E-state index in [1.165, 1.54) is 12.1 Å². The summed E-state index contributed by atoms with van der Waals surface area (Å²) in [5, 5.41) is 10.2. The van der Waals surface area contributed by atoms with Crippen LogP contribution in [-0.4, -0.2) is 26.4 Å². The summed E-state index contributed by atoms with van der Waals surface area (Å²) in [6.45, 7) is 0.666. The predicted octanol–water partition coefficient (Wildman–Crippen LogP) is 1.82. The molecule has 18 heavy (non-hydrogen) atoms. The number of rotatable bonds is 3. The van der Waals surface area contributed by atoms with Gasteiger partial charge in [0.25, 0.3) is 0 Å². The third kappa shape index (κ3) is 2.91. The number of benzene rings is 1. The first-order valence-electron chi connectivity index (χ1n) is 5.77. The lowest BCUT2D eigenvalue weighted by atomic mass is 9.98. The van der Waals surface area contributed by atoms with Crippen LogP contribution in [0.25, 0.3) is 0 Å². The first-order chi connectivity index (χ1) is 8.48. The van der Waals surface area contributed by atoms with Gasteiger partial charge in [-0.15, -0.1) is 0 Å². The molecule has 0 saturated carbocycles. The summed E-state index contributed by atoms with van der Waals surface area (Å²) in [6, 6.07) is 6.39. The molecule has 1 aromatic carbocycles. The molecule has 1 N–H and O–H groups in total. The highest BCUT2D eigenvalue weighted by atomic mass is 32.2. The van der Waals surface area contributed by atoms with Gasteiger partial charge in [0.15, 0.2) is 9.84 Å². The van der Waals surface area contributed by atoms with E-state index in [0.29, 0.717) is 12.2 Å². The molecule has 1 aliphatic heterocycles. The van der Waals surface area contributed by atoms with Crippen LogP contribution in [0.3, 0.4) is 0 Å². The van der Waals surface area contributed by atoms with Crippen LogP contribution < -0.4 is 0 Å². The zero-order valence-electron chi connectivity index (χ0n) is 10.2. The molecule has 0 aromatic heterocycles. The van der Waals surface area contributed by atoms with E-state index >= 15 is 0 Å². The molecule has 0 fully saturated rings. The van der Waals surface area contributed by atoms with Crippen molar-refractivity contribution >= 4 is 9.84 Å². The Hall–Kier alpha value is -1.33. The highest BCUT2D eigenvalue weighted by Gasteiger charge is 2.18. The Morgan fingerprint density at radius 3 is 2.78 bits per heavy atom. The van der Waals surface area contributed by atoms with Crippen molar-refractivity contribution in [2.75, 3.05) is 12.9 Å². The minimum absolute atomic E-state index is 0.219. The summed E-state index contributed by atoms with van der Waals surface area (Å²) in [6.07, 6.45) is 3.56. The number of sulfone groups is 1. The van der Waals surface area contributed by atoms with Gasteiger partial charge in [0.05, 0.1) is 17.8 Å². The number of aliphatic hydroxyl groups excluding tert-OH is 1. The van der Waals surface area contributed by atoms with Crippen molar-refractivity contribution in [3.63, 3.8) is 0 Å². The van der Waals surface area contributed by atoms with Crippen LogP contribution in [-0.2, 0) is 14.6 Å². The topological polar surface area (TPSA) is 63.6 Å². The molecule has 1 heterocycles. The first kappa shape index (κ1) is 13.1. The summed E-state index contributed by atoms with van der Waals surface area (Å²) >= 11 is 0. The van der Waals surface area contributed by atoms with Crippen LogP contribution in [0.5, 0.6) is 0 Å². The molecule has 5 heteroatoms. The van der Waals surface area contributed by atoms with Gasteiger partial charge in [-0.25, -0.2) is 8.42 Å². The van der Waals surface area contributed by atoms with Crippen LogP contribution in [0.1, 0.15) is 24.5 Å². The second kappa shape index (κ2) is 5.12. The molecule has 1 unspecified atom stereocenters. The van der Waals surface area contributed by atoms with Gasteiger partial charge in [-0.3, -0.25) is 0 Å². The number of aliphatic hydroxyl groups is 1. The molecule has 98 valence electrons.